The molecule has 0 radical (unpaired) electrons. The van der Waals surface area contributed by atoms with Gasteiger partial charge in [0.2, 0.25) is 6.33 Å². The van der Waals surface area contributed by atoms with E-state index in [1.165, 1.54) is 0 Å². The standard InChI is InChI=1S/C63H99N2O39/c1-19(2)21-6-5-7-22(20(3)4)31(21)65-9-8-64(18-65)10-23-48-32(73)40(81)56(89-23)98-49-24(11-66)91-58(42(83)34(49)75)100-51-26(13-68)93-60(44(85)36(51)77)102-53-28(15-70)95-62(46(87)38(53)79)104-55-30(17-72)96-63(47(88)39(55)80)103-54-29(16-71)94-61(45(86)37(54)78)101-52-27(14-69)92-59(43(84)35(52)76)99-50-25(12-67)90-57(97-48)41(82)33(50)74/h5-9,18-20,23-30,32-63,66-88H,10-17H2,1-4H3/q+1/t23-,24-,25-,26-,27-,28-,29-,30-,32-,33-,34-,35-,36-,37-,38-,39-,40-,41-,42-,43-,44-,45-,46-,47-,48-,49-,50-,51-,52-,53-,54-,55-,56-,57-,58-,59-,60-,61-,62-,63-/m1/s1. The lowest BCUT2D eigenvalue weighted by Gasteiger charge is -2.50. The van der Waals surface area contributed by atoms with E-state index in [0.717, 1.165) is 16.8 Å². The van der Waals surface area contributed by atoms with Gasteiger partial charge in [-0.1, -0.05) is 45.9 Å². The number of nitrogens with zero attached hydrogens (tertiary/aromatic N) is 2. The topological polar surface area (TPSA) is 622 Å². The molecule has 41 heteroatoms. The summed E-state index contributed by atoms with van der Waals surface area (Å²) in [5, 5.41) is 261. The number of benzene rings is 1. The first-order chi connectivity index (χ1) is 49.5. The Balaban J connectivity index is 0.893. The number of para-hydroxylation sites is 1. The van der Waals surface area contributed by atoms with Crippen LogP contribution in [0.2, 0.25) is 0 Å². The van der Waals surface area contributed by atoms with Crippen LogP contribution in [0.1, 0.15) is 50.7 Å². The molecule has 16 bridgehead atoms. The molecule has 0 saturated carbocycles. The van der Waals surface area contributed by atoms with Crippen molar-refractivity contribution in [3.05, 3.63) is 48.0 Å². The second-order valence-electron chi connectivity index (χ2n) is 27.9. The average Bonchev–Trinajstić information content (AvgIpc) is 0.965. The summed E-state index contributed by atoms with van der Waals surface area (Å²) in [5.74, 6) is 0.0810. The normalized spacial score (nSPS) is 48.8. The van der Waals surface area contributed by atoms with Gasteiger partial charge in [-0.3, -0.25) is 0 Å². The van der Waals surface area contributed by atoms with Crippen LogP contribution in [0.5, 0.6) is 0 Å². The minimum atomic E-state index is -2.25. The van der Waals surface area contributed by atoms with Gasteiger partial charge in [0.15, 0.2) is 50.3 Å². The van der Waals surface area contributed by atoms with Crippen LogP contribution in [-0.2, 0) is 82.3 Å². The van der Waals surface area contributed by atoms with E-state index in [0.29, 0.717) is 0 Å². The summed E-state index contributed by atoms with van der Waals surface area (Å²) >= 11 is 0. The molecule has 1 aromatic heterocycles. The summed E-state index contributed by atoms with van der Waals surface area (Å²) in [7, 11) is 0. The fourth-order valence-electron chi connectivity index (χ4n) is 14.6. The van der Waals surface area contributed by atoms with Crippen LogP contribution in [0.4, 0.5) is 0 Å². The van der Waals surface area contributed by atoms with Crippen molar-refractivity contribution in [1.29, 1.82) is 0 Å². The summed E-state index contributed by atoms with van der Waals surface area (Å²) < 4.78 is 97.7. The maximum Gasteiger partial charge on any atom is 0.249 e. The van der Waals surface area contributed by atoms with Crippen molar-refractivity contribution in [2.45, 2.75) is 292 Å². The quantitative estimate of drug-likeness (QED) is 0.0878. The predicted molar refractivity (Wildman–Crippen MR) is 328 cm³/mol. The van der Waals surface area contributed by atoms with Crippen molar-refractivity contribution in [3.8, 4) is 5.69 Å². The van der Waals surface area contributed by atoms with Gasteiger partial charge in [0, 0.05) is 11.1 Å². The fraction of sp³-hybridized carbons (Fsp3) is 0.857. The molecule has 0 aliphatic carbocycles. The summed E-state index contributed by atoms with van der Waals surface area (Å²) in [6, 6.07) is 5.89. The van der Waals surface area contributed by atoms with Crippen LogP contribution in [0, 0.1) is 0 Å². The van der Waals surface area contributed by atoms with Crippen molar-refractivity contribution in [2.24, 2.45) is 0 Å². The van der Waals surface area contributed by atoms with Gasteiger partial charge in [-0.25, -0.2) is 9.13 Å². The molecule has 30 aliphatic rings. The number of aliphatic hydroxyl groups excluding tert-OH is 23. The molecule has 0 amide bonds. The van der Waals surface area contributed by atoms with E-state index in [1.54, 1.807) is 23.3 Å². The highest BCUT2D eigenvalue weighted by molar-refractivity contribution is 5.51. The Labute approximate surface area is 592 Å². The highest BCUT2D eigenvalue weighted by Crippen LogP contribution is 2.41. The Morgan fingerprint density at radius 3 is 0.673 bits per heavy atom. The van der Waals surface area contributed by atoms with Crippen molar-refractivity contribution in [3.63, 3.8) is 0 Å². The number of hydrogen-bond acceptors (Lipinski definition) is 39. The molecule has 30 saturated heterocycles. The van der Waals surface area contributed by atoms with Crippen LogP contribution in [-0.4, -0.2) is 414 Å². The monoisotopic (exact) mass is 1510 g/mol. The molecule has 30 aliphatic heterocycles. The van der Waals surface area contributed by atoms with E-state index in [2.05, 4.69) is 0 Å². The van der Waals surface area contributed by atoms with Crippen molar-refractivity contribution in [1.82, 2.24) is 4.57 Å². The van der Waals surface area contributed by atoms with Gasteiger partial charge in [0.1, 0.15) is 220 Å². The number of imidazole rings is 1. The molecule has 1 aromatic carbocycles. The summed E-state index contributed by atoms with van der Waals surface area (Å²) in [6.07, 6.45) is -76.6. The number of aliphatic hydroxyl groups is 23. The van der Waals surface area contributed by atoms with Gasteiger partial charge in [0.25, 0.3) is 0 Å². The molecule has 31 heterocycles. The highest BCUT2D eigenvalue weighted by atomic mass is 16.8. The van der Waals surface area contributed by atoms with Crippen molar-refractivity contribution < 1.29 is 198 Å². The van der Waals surface area contributed by atoms with E-state index in [1.807, 2.05) is 50.5 Å². The van der Waals surface area contributed by atoms with E-state index in [9.17, 15) is 117 Å². The fourth-order valence-corrected chi connectivity index (χ4v) is 14.6. The molecule has 32 rings (SSSR count). The molecular formula is C63H99N2O39+. The Morgan fingerprint density at radius 1 is 0.288 bits per heavy atom. The number of ether oxygens (including phenoxy) is 16. The third-order valence-corrected chi connectivity index (χ3v) is 20.4. The van der Waals surface area contributed by atoms with Gasteiger partial charge in [0.05, 0.1) is 46.2 Å². The summed E-state index contributed by atoms with van der Waals surface area (Å²) in [5.41, 5.74) is 2.81. The SMILES string of the molecule is CC(C)c1cccc(C(C)C)c1-n1cc[n+](C[C@H]2O[C@@H]3O[C@H]4[C@H](O)[C@@H](O)[C@@H](O[C@H]5[C@H](O)[C@@H](O)[C@@H](O[C@H]6[C@H](O)[C@@H](O)[C@@H](O[C@H]7[C@H](O)[C@@H](O)[C@@H](O[C@H]8[C@H](O)[C@@H](O)[C@@H](O[C@H]9[C@H](O)[C@@H](O)[C@@H](O[C@H]%10[C@H](O)[C@@H](O)[C@@H](O[C@H]2[C@H](O)[C@H]3O)O[C@@H]%10CO)O[C@@H]9CO)O[C@@H]8CO)O[C@@H]7CO)O[C@@H]6CO)O[C@@H]5CO)O[C@@H]4CO)c1. The molecule has 2 aromatic rings. The third-order valence-electron chi connectivity index (χ3n) is 20.4. The molecule has 40 atom stereocenters. The molecular weight excluding hydrogens is 1410 g/mol. The second-order valence-corrected chi connectivity index (χ2v) is 27.9. The van der Waals surface area contributed by atoms with Crippen LogP contribution in [0.15, 0.2) is 36.9 Å². The maximum atomic E-state index is 12.2. The van der Waals surface area contributed by atoms with Crippen molar-refractivity contribution >= 4 is 0 Å². The Morgan fingerprint density at radius 2 is 0.481 bits per heavy atom. The molecule has 104 heavy (non-hydrogen) atoms. The molecule has 594 valence electrons. The third kappa shape index (κ3) is 16.2. The zero-order valence-corrected chi connectivity index (χ0v) is 56.6. The minimum absolute atomic E-state index is 0.0405. The van der Waals surface area contributed by atoms with Gasteiger partial charge in [-0.15, -0.1) is 0 Å². The van der Waals surface area contributed by atoms with Gasteiger partial charge >= 0.3 is 0 Å². The smallest absolute Gasteiger partial charge is 0.249 e. The van der Waals surface area contributed by atoms with Crippen molar-refractivity contribution in [2.75, 3.05) is 46.2 Å². The van der Waals surface area contributed by atoms with Crippen LogP contribution in [0.3, 0.4) is 0 Å². The van der Waals surface area contributed by atoms with Crippen LogP contribution >= 0.6 is 0 Å². The van der Waals surface area contributed by atoms with Gasteiger partial charge in [-0.05, 0) is 11.8 Å². The minimum Gasteiger partial charge on any atom is -0.394 e. The molecule has 0 spiro atoms. The predicted octanol–water partition coefficient (Wildman–Crippen LogP) is -13.4. The van der Waals surface area contributed by atoms with E-state index < -0.39 is 292 Å². The lowest BCUT2D eigenvalue weighted by atomic mass is 9.92. The zero-order chi connectivity index (χ0) is 75.3. The van der Waals surface area contributed by atoms with E-state index in [-0.39, 0.29) is 18.4 Å². The second kappa shape index (κ2) is 34.6. The van der Waals surface area contributed by atoms with Crippen LogP contribution in [0.25, 0.3) is 5.69 Å². The zero-order valence-electron chi connectivity index (χ0n) is 56.6. The molecule has 41 nitrogen and oxygen atoms in total. The Hall–Kier alpha value is -3.13. The summed E-state index contributed by atoms with van der Waals surface area (Å²) in [4.78, 5) is 0. The Kier molecular flexibility index (Phi) is 27.3. The van der Waals surface area contributed by atoms with Crippen LogP contribution < -0.4 is 4.57 Å². The lowest BCUT2D eigenvalue weighted by molar-refractivity contribution is -0.707. The largest absolute Gasteiger partial charge is 0.394 e. The molecule has 0 unspecified atom stereocenters. The highest BCUT2D eigenvalue weighted by Gasteiger charge is 2.61. The van der Waals surface area contributed by atoms with E-state index >= 15 is 0 Å². The number of aromatic nitrogens is 2. The molecule has 30 fully saturated rings. The Bertz CT molecular complexity index is 2980. The maximum absolute atomic E-state index is 12.2. The number of hydrogen-bond donors (Lipinski definition) is 23. The summed E-state index contributed by atoms with van der Waals surface area (Å²) in [6.45, 7) is 0.224. The van der Waals surface area contributed by atoms with Gasteiger partial charge in [-0.2, -0.15) is 0 Å². The molecule has 23 N–H and O–H groups in total. The lowest BCUT2D eigenvalue weighted by Crippen LogP contribution is -2.69. The first-order valence-corrected chi connectivity index (χ1v) is 34.4. The first kappa shape index (κ1) is 81.8. The number of rotatable bonds is 12. The van der Waals surface area contributed by atoms with E-state index in [4.69, 9.17) is 75.8 Å². The van der Waals surface area contributed by atoms with Gasteiger partial charge < -0.3 is 193 Å². The average molecular weight is 1510 g/mol. The first-order valence-electron chi connectivity index (χ1n) is 34.4.